The molecule has 0 aromatic heterocycles. The topological polar surface area (TPSA) is 64.6 Å². The predicted octanol–water partition coefficient (Wildman–Crippen LogP) is 3.22. The molecule has 126 valence electrons. The van der Waals surface area contributed by atoms with Gasteiger partial charge in [-0.2, -0.15) is 8.78 Å². The van der Waals surface area contributed by atoms with Crippen molar-refractivity contribution in [1.82, 2.24) is 0 Å². The quantitative estimate of drug-likeness (QED) is 0.821. The molecule has 2 aromatic carbocycles. The number of rotatable bonds is 6. The van der Waals surface area contributed by atoms with Crippen LogP contribution in [0.15, 0.2) is 48.5 Å². The molecule has 1 N–H and O–H groups in total. The zero-order valence-electron chi connectivity index (χ0n) is 12.2. The molecule has 0 saturated carbocycles. The van der Waals surface area contributed by atoms with Crippen LogP contribution in [0.1, 0.15) is 10.4 Å². The third kappa shape index (κ3) is 5.01. The van der Waals surface area contributed by atoms with Crippen molar-refractivity contribution in [2.45, 2.75) is 6.61 Å². The summed E-state index contributed by atoms with van der Waals surface area (Å²) in [6, 6.07) is 10.4. The Morgan fingerprint density at radius 3 is 2.54 bits per heavy atom. The number of amides is 1. The van der Waals surface area contributed by atoms with Gasteiger partial charge < -0.3 is 14.8 Å². The van der Waals surface area contributed by atoms with Gasteiger partial charge >= 0.3 is 12.6 Å². The zero-order chi connectivity index (χ0) is 17.5. The summed E-state index contributed by atoms with van der Waals surface area (Å²) in [5.74, 6) is -2.49. The van der Waals surface area contributed by atoms with Gasteiger partial charge in [-0.1, -0.05) is 18.2 Å². The minimum atomic E-state index is -3.03. The largest absolute Gasteiger partial charge is 0.452 e. The highest BCUT2D eigenvalue weighted by Gasteiger charge is 2.13. The van der Waals surface area contributed by atoms with E-state index in [4.69, 9.17) is 4.74 Å². The molecule has 24 heavy (non-hydrogen) atoms. The van der Waals surface area contributed by atoms with Gasteiger partial charge in [-0.15, -0.1) is 0 Å². The monoisotopic (exact) mass is 339 g/mol. The van der Waals surface area contributed by atoms with Crippen LogP contribution >= 0.6 is 0 Å². The van der Waals surface area contributed by atoms with E-state index in [9.17, 15) is 22.8 Å². The van der Waals surface area contributed by atoms with E-state index in [-0.39, 0.29) is 17.0 Å². The molecule has 0 aliphatic heterocycles. The maximum absolute atomic E-state index is 13.4. The number of para-hydroxylation sites is 1. The van der Waals surface area contributed by atoms with Crippen molar-refractivity contribution in [3.8, 4) is 5.75 Å². The highest BCUT2D eigenvalue weighted by molar-refractivity contribution is 5.95. The first-order valence-electron chi connectivity index (χ1n) is 6.72. The van der Waals surface area contributed by atoms with Crippen LogP contribution in [-0.2, 0) is 9.53 Å². The number of benzene rings is 2. The first kappa shape index (κ1) is 17.3. The van der Waals surface area contributed by atoms with Crippen molar-refractivity contribution in [3.63, 3.8) is 0 Å². The molecule has 0 atom stereocenters. The second-order valence-electron chi connectivity index (χ2n) is 4.51. The lowest BCUT2D eigenvalue weighted by molar-refractivity contribution is -0.119. The van der Waals surface area contributed by atoms with E-state index in [0.717, 1.165) is 12.1 Å². The Morgan fingerprint density at radius 2 is 1.83 bits per heavy atom. The van der Waals surface area contributed by atoms with Crippen LogP contribution in [0.4, 0.5) is 18.9 Å². The van der Waals surface area contributed by atoms with Crippen molar-refractivity contribution in [2.24, 2.45) is 0 Å². The van der Waals surface area contributed by atoms with Gasteiger partial charge in [0.05, 0.1) is 11.3 Å². The Balaban J connectivity index is 1.91. The molecular formula is C16H12F3NO4. The molecule has 1 amide bonds. The molecule has 8 heteroatoms. The lowest BCUT2D eigenvalue weighted by atomic mass is 10.2. The number of nitrogens with one attached hydrogen (secondary N) is 1. The van der Waals surface area contributed by atoms with E-state index in [1.54, 1.807) is 0 Å². The molecule has 2 aromatic rings. The van der Waals surface area contributed by atoms with Gasteiger partial charge in [0.1, 0.15) is 11.6 Å². The van der Waals surface area contributed by atoms with E-state index in [1.165, 1.54) is 36.4 Å². The smallest absolute Gasteiger partial charge is 0.387 e. The fourth-order valence-corrected chi connectivity index (χ4v) is 1.76. The van der Waals surface area contributed by atoms with E-state index in [1.807, 2.05) is 0 Å². The van der Waals surface area contributed by atoms with E-state index in [0.29, 0.717) is 0 Å². The average Bonchev–Trinajstić information content (AvgIpc) is 2.54. The Hall–Kier alpha value is -3.03. The van der Waals surface area contributed by atoms with Crippen molar-refractivity contribution < 1.29 is 32.2 Å². The standard InChI is InChI=1S/C16H12F3NO4/c17-12-6-1-2-7-13(12)20-14(21)9-23-15(22)10-4-3-5-11(8-10)24-16(18)19/h1-8,16H,9H2,(H,20,21). The Labute approximate surface area is 135 Å². The second kappa shape index (κ2) is 8.00. The lowest BCUT2D eigenvalue weighted by Crippen LogP contribution is -2.21. The van der Waals surface area contributed by atoms with Gasteiger partial charge in [0.15, 0.2) is 6.61 Å². The van der Waals surface area contributed by atoms with Gasteiger partial charge in [0.2, 0.25) is 0 Å². The van der Waals surface area contributed by atoms with Crippen molar-refractivity contribution >= 4 is 17.6 Å². The van der Waals surface area contributed by atoms with Crippen molar-refractivity contribution in [1.29, 1.82) is 0 Å². The zero-order valence-corrected chi connectivity index (χ0v) is 12.2. The second-order valence-corrected chi connectivity index (χ2v) is 4.51. The summed E-state index contributed by atoms with van der Waals surface area (Å²) in [7, 11) is 0. The van der Waals surface area contributed by atoms with Crippen LogP contribution in [-0.4, -0.2) is 25.1 Å². The minimum Gasteiger partial charge on any atom is -0.452 e. The lowest BCUT2D eigenvalue weighted by Gasteiger charge is -2.08. The maximum atomic E-state index is 13.4. The summed E-state index contributed by atoms with van der Waals surface area (Å²) in [6.07, 6.45) is 0. The summed E-state index contributed by atoms with van der Waals surface area (Å²) in [6.45, 7) is -3.68. The number of halogens is 3. The van der Waals surface area contributed by atoms with Crippen molar-refractivity contribution in [3.05, 3.63) is 59.9 Å². The van der Waals surface area contributed by atoms with E-state index < -0.39 is 30.9 Å². The van der Waals surface area contributed by atoms with Crippen molar-refractivity contribution in [2.75, 3.05) is 11.9 Å². The van der Waals surface area contributed by atoms with Crippen LogP contribution in [0.3, 0.4) is 0 Å². The van der Waals surface area contributed by atoms with Gasteiger partial charge in [0, 0.05) is 0 Å². The average molecular weight is 339 g/mol. The number of hydrogen-bond donors (Lipinski definition) is 1. The molecule has 2 rings (SSSR count). The molecule has 0 heterocycles. The third-order valence-corrected chi connectivity index (χ3v) is 2.78. The van der Waals surface area contributed by atoms with Gasteiger partial charge in [-0.3, -0.25) is 4.79 Å². The Kier molecular flexibility index (Phi) is 5.78. The number of ether oxygens (including phenoxy) is 2. The van der Waals surface area contributed by atoms with Gasteiger partial charge in [-0.05, 0) is 30.3 Å². The van der Waals surface area contributed by atoms with Crippen LogP contribution in [0.2, 0.25) is 0 Å². The van der Waals surface area contributed by atoms with E-state index in [2.05, 4.69) is 10.1 Å². The third-order valence-electron chi connectivity index (χ3n) is 2.78. The maximum Gasteiger partial charge on any atom is 0.387 e. The molecule has 5 nitrogen and oxygen atoms in total. The molecule has 0 spiro atoms. The van der Waals surface area contributed by atoms with Gasteiger partial charge in [-0.25, -0.2) is 9.18 Å². The first-order chi connectivity index (χ1) is 11.5. The molecule has 0 fully saturated rings. The van der Waals surface area contributed by atoms with Crippen LogP contribution in [0, 0.1) is 5.82 Å². The van der Waals surface area contributed by atoms with Crippen LogP contribution in [0.5, 0.6) is 5.75 Å². The summed E-state index contributed by atoms with van der Waals surface area (Å²) in [4.78, 5) is 23.4. The number of hydrogen-bond acceptors (Lipinski definition) is 4. The fraction of sp³-hybridized carbons (Fsp3) is 0.125. The number of carbonyl (C=O) groups is 2. The summed E-state index contributed by atoms with van der Waals surface area (Å²) < 4.78 is 46.5. The molecule has 0 saturated heterocycles. The van der Waals surface area contributed by atoms with Gasteiger partial charge in [0.25, 0.3) is 5.91 Å². The summed E-state index contributed by atoms with van der Waals surface area (Å²) in [5.41, 5.74) is -0.113. The van der Waals surface area contributed by atoms with E-state index >= 15 is 0 Å². The number of carbonyl (C=O) groups excluding carboxylic acids is 2. The fourth-order valence-electron chi connectivity index (χ4n) is 1.76. The SMILES string of the molecule is O=C(COC(=O)c1cccc(OC(F)F)c1)Nc1ccccc1F. The highest BCUT2D eigenvalue weighted by atomic mass is 19.3. The summed E-state index contributed by atoms with van der Waals surface area (Å²) in [5, 5.41) is 2.24. The molecule has 0 unspecified atom stereocenters. The minimum absolute atomic E-state index is 0.0501. The Bertz CT molecular complexity index is 737. The predicted molar refractivity (Wildman–Crippen MR) is 78.4 cm³/mol. The number of esters is 1. The molecule has 0 aliphatic rings. The summed E-state index contributed by atoms with van der Waals surface area (Å²) >= 11 is 0. The van der Waals surface area contributed by atoms with Crippen LogP contribution in [0.25, 0.3) is 0 Å². The molecular weight excluding hydrogens is 327 g/mol. The molecule has 0 radical (unpaired) electrons. The normalized spacial score (nSPS) is 10.3. The molecule has 0 bridgehead atoms. The first-order valence-corrected chi connectivity index (χ1v) is 6.72. The highest BCUT2D eigenvalue weighted by Crippen LogP contribution is 2.17. The molecule has 0 aliphatic carbocycles. The number of anilines is 1. The van der Waals surface area contributed by atoms with Crippen LogP contribution < -0.4 is 10.1 Å². The number of alkyl halides is 2. The Morgan fingerprint density at radius 1 is 1.08 bits per heavy atom.